The van der Waals surface area contributed by atoms with Gasteiger partial charge in [0.2, 0.25) is 0 Å². The number of hydrogen-bond donors (Lipinski definition) is 1. The maximum Gasteiger partial charge on any atom is 0.300 e. The Morgan fingerprint density at radius 2 is 1.78 bits per heavy atom. The molecule has 7 nitrogen and oxygen atoms in total. The molecule has 4 rings (SSSR count). The molecule has 0 spiro atoms. The summed E-state index contributed by atoms with van der Waals surface area (Å²) in [5, 5.41) is 11.6. The SMILES string of the molecule is CCOc1cccc(C2/C(=C(\O)c3ccc(OC)c(Cl)c3)C(=O)C(=O)N2c2ccc(N(C)C)cc2)c1. The molecule has 0 bridgehead atoms. The van der Waals surface area contributed by atoms with Gasteiger partial charge in [0.25, 0.3) is 11.7 Å². The predicted molar refractivity (Wildman–Crippen MR) is 141 cm³/mol. The van der Waals surface area contributed by atoms with Crippen LogP contribution in [0, 0.1) is 0 Å². The first-order chi connectivity index (χ1) is 17.3. The van der Waals surface area contributed by atoms with Crippen LogP contribution in [0.5, 0.6) is 11.5 Å². The largest absolute Gasteiger partial charge is 0.507 e. The van der Waals surface area contributed by atoms with Crippen molar-refractivity contribution in [3.05, 3.63) is 88.5 Å². The number of ketones is 1. The van der Waals surface area contributed by atoms with Gasteiger partial charge in [-0.25, -0.2) is 0 Å². The molecule has 1 aliphatic heterocycles. The molecule has 1 heterocycles. The fourth-order valence-electron chi connectivity index (χ4n) is 4.24. The molecule has 8 heteroatoms. The summed E-state index contributed by atoms with van der Waals surface area (Å²) in [7, 11) is 5.32. The van der Waals surface area contributed by atoms with E-state index in [1.165, 1.54) is 18.1 Å². The second-order valence-electron chi connectivity index (χ2n) is 8.43. The number of aliphatic hydroxyl groups is 1. The van der Waals surface area contributed by atoms with E-state index in [1.54, 1.807) is 48.5 Å². The number of rotatable bonds is 7. The van der Waals surface area contributed by atoms with Gasteiger partial charge in [-0.05, 0) is 67.1 Å². The maximum atomic E-state index is 13.4. The van der Waals surface area contributed by atoms with Gasteiger partial charge in [0.1, 0.15) is 17.3 Å². The highest BCUT2D eigenvalue weighted by Gasteiger charge is 2.47. The molecule has 1 atom stereocenters. The van der Waals surface area contributed by atoms with E-state index in [1.807, 2.05) is 38.1 Å². The monoisotopic (exact) mass is 506 g/mol. The predicted octanol–water partition coefficient (Wildman–Crippen LogP) is 5.44. The van der Waals surface area contributed by atoms with Crippen molar-refractivity contribution in [3.8, 4) is 11.5 Å². The topological polar surface area (TPSA) is 79.3 Å². The highest BCUT2D eigenvalue weighted by molar-refractivity contribution is 6.51. The van der Waals surface area contributed by atoms with Crippen molar-refractivity contribution < 1.29 is 24.2 Å². The Bertz CT molecular complexity index is 1330. The van der Waals surface area contributed by atoms with Crippen molar-refractivity contribution in [2.24, 2.45) is 0 Å². The minimum absolute atomic E-state index is 0.0356. The number of amides is 1. The van der Waals surface area contributed by atoms with Crippen molar-refractivity contribution in [2.75, 3.05) is 37.6 Å². The zero-order valence-corrected chi connectivity index (χ0v) is 21.2. The van der Waals surface area contributed by atoms with E-state index < -0.39 is 17.7 Å². The highest BCUT2D eigenvalue weighted by Crippen LogP contribution is 2.43. The van der Waals surface area contributed by atoms with Crippen LogP contribution >= 0.6 is 11.6 Å². The summed E-state index contributed by atoms with van der Waals surface area (Å²) in [4.78, 5) is 30.1. The lowest BCUT2D eigenvalue weighted by Crippen LogP contribution is -2.29. The van der Waals surface area contributed by atoms with Crippen molar-refractivity contribution in [1.29, 1.82) is 0 Å². The van der Waals surface area contributed by atoms with Gasteiger partial charge in [-0.3, -0.25) is 14.5 Å². The number of Topliss-reactive ketones (excluding diaryl/α,β-unsaturated/α-hetero) is 1. The van der Waals surface area contributed by atoms with E-state index in [-0.39, 0.29) is 16.4 Å². The molecule has 0 radical (unpaired) electrons. The van der Waals surface area contributed by atoms with Crippen LogP contribution in [0.1, 0.15) is 24.1 Å². The Kier molecular flexibility index (Phi) is 7.22. The molecule has 0 aliphatic carbocycles. The average molecular weight is 507 g/mol. The fraction of sp³-hybridized carbons (Fsp3) is 0.214. The zero-order chi connectivity index (χ0) is 26.0. The Balaban J connectivity index is 1.91. The lowest BCUT2D eigenvalue weighted by atomic mass is 9.95. The van der Waals surface area contributed by atoms with Crippen LogP contribution in [0.3, 0.4) is 0 Å². The van der Waals surface area contributed by atoms with Crippen LogP contribution in [0.25, 0.3) is 5.76 Å². The molecule has 1 unspecified atom stereocenters. The second kappa shape index (κ2) is 10.3. The van der Waals surface area contributed by atoms with Crippen LogP contribution in [-0.2, 0) is 9.59 Å². The first kappa shape index (κ1) is 25.1. The normalized spacial score (nSPS) is 16.8. The quantitative estimate of drug-likeness (QED) is 0.261. The molecule has 0 aromatic heterocycles. The Morgan fingerprint density at radius 1 is 1.06 bits per heavy atom. The van der Waals surface area contributed by atoms with E-state index in [9.17, 15) is 14.7 Å². The summed E-state index contributed by atoms with van der Waals surface area (Å²) >= 11 is 6.28. The number of benzene rings is 3. The van der Waals surface area contributed by atoms with E-state index in [0.29, 0.717) is 34.9 Å². The third-order valence-corrected chi connectivity index (χ3v) is 6.29. The average Bonchev–Trinajstić information content (AvgIpc) is 3.14. The number of methoxy groups -OCH3 is 1. The van der Waals surface area contributed by atoms with Crippen LogP contribution < -0.4 is 19.3 Å². The molecule has 0 saturated carbocycles. The summed E-state index contributed by atoms with van der Waals surface area (Å²) in [6.07, 6.45) is 0. The number of halogens is 1. The molecule has 186 valence electrons. The Hall–Kier alpha value is -3.97. The fourth-order valence-corrected chi connectivity index (χ4v) is 4.49. The Morgan fingerprint density at radius 3 is 2.39 bits per heavy atom. The first-order valence-corrected chi connectivity index (χ1v) is 11.8. The number of ether oxygens (including phenoxy) is 2. The van der Waals surface area contributed by atoms with E-state index in [2.05, 4.69) is 0 Å². The smallest absolute Gasteiger partial charge is 0.300 e. The molecule has 1 N–H and O–H groups in total. The van der Waals surface area contributed by atoms with Crippen LogP contribution in [0.2, 0.25) is 5.02 Å². The van der Waals surface area contributed by atoms with Gasteiger partial charge in [0.15, 0.2) is 0 Å². The lowest BCUT2D eigenvalue weighted by molar-refractivity contribution is -0.132. The van der Waals surface area contributed by atoms with Gasteiger partial charge < -0.3 is 19.5 Å². The van der Waals surface area contributed by atoms with E-state index in [4.69, 9.17) is 21.1 Å². The molecule has 1 fully saturated rings. The van der Waals surface area contributed by atoms with Crippen molar-refractivity contribution in [2.45, 2.75) is 13.0 Å². The van der Waals surface area contributed by atoms with Crippen LogP contribution in [-0.4, -0.2) is 44.6 Å². The zero-order valence-electron chi connectivity index (χ0n) is 20.5. The molecule has 1 aliphatic rings. The molecule has 1 saturated heterocycles. The summed E-state index contributed by atoms with van der Waals surface area (Å²) in [6, 6.07) is 18.3. The third kappa shape index (κ3) is 4.62. The van der Waals surface area contributed by atoms with E-state index in [0.717, 1.165) is 5.69 Å². The number of aliphatic hydroxyl groups excluding tert-OH is 1. The van der Waals surface area contributed by atoms with Crippen LogP contribution in [0.15, 0.2) is 72.3 Å². The standard InChI is InChI=1S/C28H27ClN2O5/c1-5-36-21-8-6-7-17(15-21)25-24(26(32)18-9-14-23(35-4)22(29)16-18)27(33)28(34)31(25)20-12-10-19(11-13-20)30(2)3/h6-16,25,32H,5H2,1-4H3/b26-24+. The van der Waals surface area contributed by atoms with Gasteiger partial charge in [0, 0.05) is 31.0 Å². The second-order valence-corrected chi connectivity index (χ2v) is 8.84. The molecule has 36 heavy (non-hydrogen) atoms. The lowest BCUT2D eigenvalue weighted by Gasteiger charge is -2.26. The number of hydrogen-bond acceptors (Lipinski definition) is 6. The summed E-state index contributed by atoms with van der Waals surface area (Å²) < 4.78 is 10.9. The highest BCUT2D eigenvalue weighted by atomic mass is 35.5. The number of carbonyl (C=O) groups is 2. The molecular weight excluding hydrogens is 480 g/mol. The molecule has 1 amide bonds. The van der Waals surface area contributed by atoms with Gasteiger partial charge in [-0.15, -0.1) is 0 Å². The first-order valence-electron chi connectivity index (χ1n) is 11.4. The number of anilines is 2. The third-order valence-electron chi connectivity index (χ3n) is 6.00. The molecule has 3 aromatic rings. The van der Waals surface area contributed by atoms with Gasteiger partial charge in [0.05, 0.1) is 30.4 Å². The summed E-state index contributed by atoms with van der Waals surface area (Å²) in [5.41, 5.74) is 2.36. The molecular formula is C28H27ClN2O5. The number of carbonyl (C=O) groups excluding carboxylic acids is 2. The molecule has 3 aromatic carbocycles. The van der Waals surface area contributed by atoms with Crippen molar-refractivity contribution in [3.63, 3.8) is 0 Å². The summed E-state index contributed by atoms with van der Waals surface area (Å²) in [6.45, 7) is 2.33. The van der Waals surface area contributed by atoms with Gasteiger partial charge in [-0.2, -0.15) is 0 Å². The number of nitrogens with zero attached hydrogens (tertiary/aromatic N) is 2. The maximum absolute atomic E-state index is 13.4. The van der Waals surface area contributed by atoms with Gasteiger partial charge in [-0.1, -0.05) is 23.7 Å². The minimum Gasteiger partial charge on any atom is -0.507 e. The van der Waals surface area contributed by atoms with Crippen molar-refractivity contribution >= 4 is 40.4 Å². The van der Waals surface area contributed by atoms with E-state index >= 15 is 0 Å². The van der Waals surface area contributed by atoms with Crippen LogP contribution in [0.4, 0.5) is 11.4 Å². The summed E-state index contributed by atoms with van der Waals surface area (Å²) in [5.74, 6) is -0.827. The van der Waals surface area contributed by atoms with Gasteiger partial charge >= 0.3 is 0 Å². The van der Waals surface area contributed by atoms with Crippen molar-refractivity contribution in [1.82, 2.24) is 0 Å². The minimum atomic E-state index is -0.878. The Labute approximate surface area is 215 Å².